The van der Waals surface area contributed by atoms with Gasteiger partial charge in [0.1, 0.15) is 0 Å². The lowest BCUT2D eigenvalue weighted by Gasteiger charge is -2.29. The van der Waals surface area contributed by atoms with Crippen LogP contribution in [0.15, 0.2) is 30.3 Å². The Labute approximate surface area is 115 Å². The Kier molecular flexibility index (Phi) is 4.93. The van der Waals surface area contributed by atoms with Gasteiger partial charge in [-0.25, -0.2) is 0 Å². The molecule has 104 valence electrons. The molecule has 1 amide bonds. The fourth-order valence-electron chi connectivity index (χ4n) is 2.35. The van der Waals surface area contributed by atoms with Crippen LogP contribution in [0.3, 0.4) is 0 Å². The van der Waals surface area contributed by atoms with E-state index in [1.165, 1.54) is 0 Å². The van der Waals surface area contributed by atoms with Crippen molar-refractivity contribution in [2.24, 2.45) is 0 Å². The van der Waals surface area contributed by atoms with Crippen LogP contribution in [-0.4, -0.2) is 31.1 Å². The number of amides is 1. The number of hydrogen-bond acceptors (Lipinski definition) is 3. The normalized spacial score (nSPS) is 24.7. The van der Waals surface area contributed by atoms with Crippen LogP contribution in [0.25, 0.3) is 0 Å². The van der Waals surface area contributed by atoms with E-state index in [0.717, 1.165) is 18.5 Å². The van der Waals surface area contributed by atoms with E-state index in [2.05, 4.69) is 41.9 Å². The topological polar surface area (TPSA) is 53.2 Å². The van der Waals surface area contributed by atoms with Gasteiger partial charge in [-0.15, -0.1) is 0 Å². The van der Waals surface area contributed by atoms with E-state index in [1.54, 1.807) is 0 Å². The standard InChI is InChI=1S/C15H23N3O/c1-3-13(12-7-5-4-6-8-12)18-15(19)14-10-16-11(2)9-17-14/h4-8,11,13-14,16-17H,3,9-10H2,1-2H3,(H,18,19). The summed E-state index contributed by atoms with van der Waals surface area (Å²) >= 11 is 0. The molecule has 3 unspecified atom stereocenters. The maximum Gasteiger partial charge on any atom is 0.238 e. The summed E-state index contributed by atoms with van der Waals surface area (Å²) in [7, 11) is 0. The van der Waals surface area contributed by atoms with E-state index < -0.39 is 0 Å². The second-order valence-electron chi connectivity index (χ2n) is 5.15. The summed E-state index contributed by atoms with van der Waals surface area (Å²) in [5, 5.41) is 9.72. The van der Waals surface area contributed by atoms with Gasteiger partial charge in [0.2, 0.25) is 5.91 Å². The molecule has 0 saturated carbocycles. The predicted molar refractivity (Wildman–Crippen MR) is 76.9 cm³/mol. The molecule has 4 heteroatoms. The molecular formula is C15H23N3O. The molecule has 1 aliphatic heterocycles. The Hall–Kier alpha value is -1.39. The van der Waals surface area contributed by atoms with Crippen molar-refractivity contribution in [3.63, 3.8) is 0 Å². The van der Waals surface area contributed by atoms with Gasteiger partial charge in [0.15, 0.2) is 0 Å². The third kappa shape index (κ3) is 3.78. The lowest BCUT2D eigenvalue weighted by Crippen LogP contribution is -2.59. The zero-order chi connectivity index (χ0) is 13.7. The molecule has 1 aromatic rings. The van der Waals surface area contributed by atoms with Crippen LogP contribution >= 0.6 is 0 Å². The molecule has 3 N–H and O–H groups in total. The van der Waals surface area contributed by atoms with Crippen LogP contribution in [0.1, 0.15) is 31.9 Å². The first-order valence-electron chi connectivity index (χ1n) is 7.02. The summed E-state index contributed by atoms with van der Waals surface area (Å²) in [6, 6.07) is 10.5. The molecule has 2 rings (SSSR count). The van der Waals surface area contributed by atoms with Gasteiger partial charge in [0, 0.05) is 19.1 Å². The second-order valence-corrected chi connectivity index (χ2v) is 5.15. The number of benzene rings is 1. The number of carbonyl (C=O) groups excluding carboxylic acids is 1. The molecule has 3 atom stereocenters. The van der Waals surface area contributed by atoms with Crippen molar-refractivity contribution in [2.45, 2.75) is 38.4 Å². The largest absolute Gasteiger partial charge is 0.348 e. The maximum absolute atomic E-state index is 12.2. The summed E-state index contributed by atoms with van der Waals surface area (Å²) in [6.45, 7) is 5.73. The summed E-state index contributed by atoms with van der Waals surface area (Å²) < 4.78 is 0. The van der Waals surface area contributed by atoms with Crippen molar-refractivity contribution in [3.8, 4) is 0 Å². The Morgan fingerprint density at radius 3 is 2.63 bits per heavy atom. The van der Waals surface area contributed by atoms with Crippen LogP contribution in [0.5, 0.6) is 0 Å². The van der Waals surface area contributed by atoms with Gasteiger partial charge < -0.3 is 16.0 Å². The molecule has 1 heterocycles. The highest BCUT2D eigenvalue weighted by Crippen LogP contribution is 2.16. The van der Waals surface area contributed by atoms with Gasteiger partial charge in [-0.05, 0) is 18.9 Å². The zero-order valence-corrected chi connectivity index (χ0v) is 11.6. The molecule has 19 heavy (non-hydrogen) atoms. The van der Waals surface area contributed by atoms with E-state index in [0.29, 0.717) is 12.6 Å². The molecule has 1 aromatic carbocycles. The molecule has 0 bridgehead atoms. The summed E-state index contributed by atoms with van der Waals surface area (Å²) in [4.78, 5) is 12.2. The maximum atomic E-state index is 12.2. The van der Waals surface area contributed by atoms with Crippen LogP contribution < -0.4 is 16.0 Å². The number of piperazine rings is 1. The highest BCUT2D eigenvalue weighted by molar-refractivity contribution is 5.82. The van der Waals surface area contributed by atoms with Gasteiger partial charge in [-0.3, -0.25) is 4.79 Å². The Bertz CT molecular complexity index is 399. The third-order valence-electron chi connectivity index (χ3n) is 3.58. The summed E-state index contributed by atoms with van der Waals surface area (Å²) in [6.07, 6.45) is 0.895. The molecule has 0 spiro atoms. The lowest BCUT2D eigenvalue weighted by molar-refractivity contribution is -0.124. The van der Waals surface area contributed by atoms with E-state index in [1.807, 2.05) is 18.2 Å². The highest BCUT2D eigenvalue weighted by Gasteiger charge is 2.24. The second kappa shape index (κ2) is 6.68. The molecule has 4 nitrogen and oxygen atoms in total. The van der Waals surface area contributed by atoms with Crippen molar-refractivity contribution in [1.29, 1.82) is 0 Å². The average molecular weight is 261 g/mol. The minimum Gasteiger partial charge on any atom is -0.348 e. The van der Waals surface area contributed by atoms with Crippen LogP contribution in [0.4, 0.5) is 0 Å². The van der Waals surface area contributed by atoms with Gasteiger partial charge in [-0.2, -0.15) is 0 Å². The van der Waals surface area contributed by atoms with Gasteiger partial charge in [0.05, 0.1) is 12.1 Å². The minimum atomic E-state index is -0.131. The van der Waals surface area contributed by atoms with E-state index >= 15 is 0 Å². The first-order chi connectivity index (χ1) is 9.20. The van der Waals surface area contributed by atoms with Crippen LogP contribution in [-0.2, 0) is 4.79 Å². The van der Waals surface area contributed by atoms with Crippen molar-refractivity contribution in [3.05, 3.63) is 35.9 Å². The Morgan fingerprint density at radius 1 is 1.32 bits per heavy atom. The SMILES string of the molecule is CCC(NC(=O)C1CNC(C)CN1)c1ccccc1. The summed E-state index contributed by atoms with van der Waals surface area (Å²) in [5.41, 5.74) is 1.16. The monoisotopic (exact) mass is 261 g/mol. The first-order valence-corrected chi connectivity index (χ1v) is 7.02. The number of hydrogen-bond donors (Lipinski definition) is 3. The molecule has 0 aliphatic carbocycles. The molecular weight excluding hydrogens is 238 g/mol. The van der Waals surface area contributed by atoms with Crippen molar-refractivity contribution >= 4 is 5.91 Å². The molecule has 1 saturated heterocycles. The van der Waals surface area contributed by atoms with Crippen LogP contribution in [0.2, 0.25) is 0 Å². The lowest BCUT2D eigenvalue weighted by atomic mass is 10.0. The third-order valence-corrected chi connectivity index (χ3v) is 3.58. The fraction of sp³-hybridized carbons (Fsp3) is 0.533. The van der Waals surface area contributed by atoms with Gasteiger partial charge >= 0.3 is 0 Å². The number of nitrogens with one attached hydrogen (secondary N) is 3. The summed E-state index contributed by atoms with van der Waals surface area (Å²) in [5.74, 6) is 0.0788. The Morgan fingerprint density at radius 2 is 2.05 bits per heavy atom. The quantitative estimate of drug-likeness (QED) is 0.763. The van der Waals surface area contributed by atoms with Crippen molar-refractivity contribution in [1.82, 2.24) is 16.0 Å². The van der Waals surface area contributed by atoms with Crippen LogP contribution in [0, 0.1) is 0 Å². The van der Waals surface area contributed by atoms with Crippen molar-refractivity contribution < 1.29 is 4.79 Å². The predicted octanol–water partition coefficient (Wildman–Crippen LogP) is 1.20. The molecule has 1 fully saturated rings. The van der Waals surface area contributed by atoms with Gasteiger partial charge in [0.25, 0.3) is 0 Å². The smallest absolute Gasteiger partial charge is 0.238 e. The number of carbonyl (C=O) groups is 1. The first kappa shape index (κ1) is 14.0. The molecule has 0 aromatic heterocycles. The highest BCUT2D eigenvalue weighted by atomic mass is 16.2. The molecule has 0 radical (unpaired) electrons. The van der Waals surface area contributed by atoms with Gasteiger partial charge in [-0.1, -0.05) is 37.3 Å². The number of rotatable bonds is 4. The zero-order valence-electron chi connectivity index (χ0n) is 11.6. The Balaban J connectivity index is 1.93. The van der Waals surface area contributed by atoms with E-state index in [-0.39, 0.29) is 18.0 Å². The minimum absolute atomic E-state index is 0.0788. The molecule has 1 aliphatic rings. The van der Waals surface area contributed by atoms with E-state index in [9.17, 15) is 4.79 Å². The fourth-order valence-corrected chi connectivity index (χ4v) is 2.35. The van der Waals surface area contributed by atoms with E-state index in [4.69, 9.17) is 0 Å². The van der Waals surface area contributed by atoms with Crippen molar-refractivity contribution in [2.75, 3.05) is 13.1 Å². The average Bonchev–Trinajstić information content (AvgIpc) is 2.46.